The first-order valence-electron chi connectivity index (χ1n) is 9.57. The Morgan fingerprint density at radius 3 is 2.25 bits per heavy atom. The van der Waals surface area contributed by atoms with Crippen molar-refractivity contribution in [1.82, 2.24) is 0 Å². The molecular formula is C24H16ClNO6. The second-order valence-corrected chi connectivity index (χ2v) is 7.44. The molecule has 0 atom stereocenters. The summed E-state index contributed by atoms with van der Waals surface area (Å²) in [5.74, 6) is -1.28. The number of ether oxygens (including phenoxy) is 2. The van der Waals surface area contributed by atoms with E-state index in [0.717, 1.165) is 4.90 Å². The molecule has 160 valence electrons. The maximum atomic E-state index is 13.1. The number of imide groups is 1. The normalized spacial score (nSPS) is 12.5. The summed E-state index contributed by atoms with van der Waals surface area (Å²) in [6, 6.07) is 17.2. The second-order valence-electron chi connectivity index (χ2n) is 7.01. The molecule has 0 N–H and O–H groups in total. The smallest absolute Gasteiger partial charge is 0.338 e. The Labute approximate surface area is 188 Å². The minimum Gasteiger partial charge on any atom is -0.457 e. The summed E-state index contributed by atoms with van der Waals surface area (Å²) in [7, 11) is 0. The molecule has 1 heterocycles. The SMILES string of the molecule is CC(=O)COC(=O)c1ccc(N2C(=O)c3cccc(Oc4ccc(Cl)cc4)c3C2=O)cc1. The Balaban J connectivity index is 1.59. The van der Waals surface area contributed by atoms with Crippen molar-refractivity contribution in [3.8, 4) is 11.5 Å². The maximum absolute atomic E-state index is 13.1. The van der Waals surface area contributed by atoms with Crippen molar-refractivity contribution in [3.63, 3.8) is 0 Å². The zero-order chi connectivity index (χ0) is 22.8. The van der Waals surface area contributed by atoms with Crippen molar-refractivity contribution in [2.45, 2.75) is 6.92 Å². The lowest BCUT2D eigenvalue weighted by molar-refractivity contribution is -0.120. The van der Waals surface area contributed by atoms with Crippen LogP contribution in [0.5, 0.6) is 11.5 Å². The second kappa shape index (κ2) is 8.64. The van der Waals surface area contributed by atoms with E-state index in [0.29, 0.717) is 10.8 Å². The Morgan fingerprint density at radius 2 is 1.59 bits per heavy atom. The number of halogens is 1. The van der Waals surface area contributed by atoms with Gasteiger partial charge < -0.3 is 9.47 Å². The van der Waals surface area contributed by atoms with Crippen LogP contribution in [0.4, 0.5) is 5.69 Å². The van der Waals surface area contributed by atoms with Crippen molar-refractivity contribution in [1.29, 1.82) is 0 Å². The molecule has 8 heteroatoms. The van der Waals surface area contributed by atoms with Crippen LogP contribution in [0.3, 0.4) is 0 Å². The van der Waals surface area contributed by atoms with Crippen LogP contribution in [0.2, 0.25) is 5.02 Å². The lowest BCUT2D eigenvalue weighted by atomic mass is 10.1. The first-order chi connectivity index (χ1) is 15.3. The molecule has 0 saturated heterocycles. The molecule has 0 aliphatic carbocycles. The number of hydrogen-bond acceptors (Lipinski definition) is 6. The van der Waals surface area contributed by atoms with Crippen molar-refractivity contribution in [2.75, 3.05) is 11.5 Å². The van der Waals surface area contributed by atoms with Gasteiger partial charge in [0.1, 0.15) is 18.1 Å². The fraction of sp³-hybridized carbons (Fsp3) is 0.0833. The fourth-order valence-corrected chi connectivity index (χ4v) is 3.33. The van der Waals surface area contributed by atoms with Gasteiger partial charge in [0.25, 0.3) is 11.8 Å². The highest BCUT2D eigenvalue weighted by atomic mass is 35.5. The number of anilines is 1. The van der Waals surface area contributed by atoms with Gasteiger partial charge in [-0.25, -0.2) is 9.69 Å². The highest BCUT2D eigenvalue weighted by molar-refractivity contribution is 6.35. The number of hydrogen-bond donors (Lipinski definition) is 0. The van der Waals surface area contributed by atoms with Gasteiger partial charge >= 0.3 is 5.97 Å². The Kier molecular flexibility index (Phi) is 5.75. The molecule has 1 aliphatic heterocycles. The molecule has 0 spiro atoms. The van der Waals surface area contributed by atoms with E-state index in [1.54, 1.807) is 42.5 Å². The molecule has 0 radical (unpaired) electrons. The van der Waals surface area contributed by atoms with Crippen LogP contribution in [0.15, 0.2) is 66.7 Å². The summed E-state index contributed by atoms with van der Waals surface area (Å²) in [5, 5.41) is 0.543. The summed E-state index contributed by atoms with van der Waals surface area (Å²) in [6.45, 7) is 0.985. The van der Waals surface area contributed by atoms with E-state index >= 15 is 0 Å². The molecule has 3 aromatic rings. The lowest BCUT2D eigenvalue weighted by Crippen LogP contribution is -2.29. The van der Waals surface area contributed by atoms with E-state index in [-0.39, 0.29) is 40.5 Å². The molecular weight excluding hydrogens is 434 g/mol. The molecule has 32 heavy (non-hydrogen) atoms. The van der Waals surface area contributed by atoms with Gasteiger partial charge in [0.2, 0.25) is 0 Å². The summed E-state index contributed by atoms with van der Waals surface area (Å²) in [6.07, 6.45) is 0. The van der Waals surface area contributed by atoms with E-state index < -0.39 is 17.8 Å². The molecule has 1 aliphatic rings. The standard InChI is InChI=1S/C24H16ClNO6/c1-14(27)13-31-24(30)15-5-9-17(10-6-15)26-22(28)19-3-2-4-20(21(19)23(26)29)32-18-11-7-16(25)8-12-18/h2-12H,13H2,1H3. The van der Waals surface area contributed by atoms with E-state index in [1.807, 2.05) is 0 Å². The zero-order valence-electron chi connectivity index (χ0n) is 16.8. The molecule has 0 saturated carbocycles. The van der Waals surface area contributed by atoms with Gasteiger partial charge in [-0.15, -0.1) is 0 Å². The monoisotopic (exact) mass is 449 g/mol. The number of carbonyl (C=O) groups excluding carboxylic acids is 4. The van der Waals surface area contributed by atoms with Gasteiger partial charge in [0, 0.05) is 5.02 Å². The van der Waals surface area contributed by atoms with Crippen molar-refractivity contribution >= 4 is 40.9 Å². The van der Waals surface area contributed by atoms with Crippen LogP contribution >= 0.6 is 11.6 Å². The quantitative estimate of drug-likeness (QED) is 0.401. The molecule has 0 unspecified atom stereocenters. The summed E-state index contributed by atoms with van der Waals surface area (Å²) >= 11 is 5.89. The van der Waals surface area contributed by atoms with Crippen LogP contribution in [-0.4, -0.2) is 30.2 Å². The van der Waals surface area contributed by atoms with E-state index in [2.05, 4.69) is 0 Å². The number of Topliss-reactive ketones (excluding diaryl/α,β-unsaturated/α-hetero) is 1. The maximum Gasteiger partial charge on any atom is 0.338 e. The van der Waals surface area contributed by atoms with Gasteiger partial charge in [-0.3, -0.25) is 14.4 Å². The number of benzene rings is 3. The van der Waals surface area contributed by atoms with Crippen LogP contribution in [0, 0.1) is 0 Å². The number of ketones is 1. The van der Waals surface area contributed by atoms with Gasteiger partial charge in [0.15, 0.2) is 5.78 Å². The van der Waals surface area contributed by atoms with Crippen LogP contribution < -0.4 is 9.64 Å². The highest BCUT2D eigenvalue weighted by Gasteiger charge is 2.39. The largest absolute Gasteiger partial charge is 0.457 e. The number of amides is 2. The van der Waals surface area contributed by atoms with Gasteiger partial charge in [0.05, 0.1) is 22.4 Å². The molecule has 0 bridgehead atoms. The number of nitrogens with zero attached hydrogens (tertiary/aromatic N) is 1. The van der Waals surface area contributed by atoms with E-state index in [1.165, 1.54) is 31.2 Å². The molecule has 3 aromatic carbocycles. The highest BCUT2D eigenvalue weighted by Crippen LogP contribution is 2.36. The minimum atomic E-state index is -0.673. The first kappa shape index (κ1) is 21.3. The third kappa shape index (κ3) is 4.10. The Morgan fingerprint density at radius 1 is 0.906 bits per heavy atom. The molecule has 0 fully saturated rings. The van der Waals surface area contributed by atoms with Gasteiger partial charge in [-0.05, 0) is 67.6 Å². The van der Waals surface area contributed by atoms with Crippen molar-refractivity contribution in [3.05, 3.63) is 88.4 Å². The lowest BCUT2D eigenvalue weighted by Gasteiger charge is -2.14. The third-order valence-electron chi connectivity index (χ3n) is 4.69. The van der Waals surface area contributed by atoms with Gasteiger partial charge in [-0.2, -0.15) is 0 Å². The summed E-state index contributed by atoms with van der Waals surface area (Å²) in [5.41, 5.74) is 0.846. The third-order valence-corrected chi connectivity index (χ3v) is 4.94. The van der Waals surface area contributed by atoms with E-state index in [9.17, 15) is 19.2 Å². The number of fused-ring (bicyclic) bond motifs is 1. The average Bonchev–Trinajstić information content (AvgIpc) is 3.04. The predicted octanol–water partition coefficient (Wildman–Crippen LogP) is 4.68. The molecule has 2 amide bonds. The Hall–Kier alpha value is -3.97. The zero-order valence-corrected chi connectivity index (χ0v) is 17.6. The molecule has 7 nitrogen and oxygen atoms in total. The van der Waals surface area contributed by atoms with Crippen molar-refractivity contribution < 1.29 is 28.7 Å². The molecule has 0 aromatic heterocycles. The Bertz CT molecular complexity index is 1230. The molecule has 4 rings (SSSR count). The van der Waals surface area contributed by atoms with Gasteiger partial charge in [-0.1, -0.05) is 17.7 Å². The fourth-order valence-electron chi connectivity index (χ4n) is 3.20. The first-order valence-corrected chi connectivity index (χ1v) is 9.95. The number of esters is 1. The summed E-state index contributed by atoms with van der Waals surface area (Å²) in [4.78, 5) is 50.1. The summed E-state index contributed by atoms with van der Waals surface area (Å²) < 4.78 is 10.7. The van der Waals surface area contributed by atoms with Crippen molar-refractivity contribution in [2.24, 2.45) is 0 Å². The van der Waals surface area contributed by atoms with Crippen LogP contribution in [0.25, 0.3) is 0 Å². The average molecular weight is 450 g/mol. The minimum absolute atomic E-state index is 0.150. The number of rotatable bonds is 6. The number of carbonyl (C=O) groups is 4. The van der Waals surface area contributed by atoms with E-state index in [4.69, 9.17) is 21.1 Å². The van der Waals surface area contributed by atoms with Crippen LogP contribution in [0.1, 0.15) is 38.0 Å². The van der Waals surface area contributed by atoms with Crippen LogP contribution in [-0.2, 0) is 9.53 Å². The predicted molar refractivity (Wildman–Crippen MR) is 117 cm³/mol. The topological polar surface area (TPSA) is 90.0 Å².